The van der Waals surface area contributed by atoms with E-state index in [2.05, 4.69) is 41.1 Å². The highest BCUT2D eigenvalue weighted by atomic mass is 16.5. The van der Waals surface area contributed by atoms with Gasteiger partial charge in [-0.2, -0.15) is 0 Å². The topological polar surface area (TPSA) is 51.4 Å². The van der Waals surface area contributed by atoms with Gasteiger partial charge < -0.3 is 15.4 Å². The molecule has 1 heterocycles. The molecule has 0 aliphatic rings. The number of rotatable bonds is 6. The van der Waals surface area contributed by atoms with Crippen molar-refractivity contribution < 1.29 is 4.74 Å². The number of hydrogen-bond donors (Lipinski definition) is 1. The molecular weight excluding hydrogens is 250 g/mol. The van der Waals surface area contributed by atoms with Gasteiger partial charge in [0.1, 0.15) is 0 Å². The Morgan fingerprint density at radius 2 is 2.00 bits per heavy atom. The molecule has 0 unspecified atom stereocenters. The Morgan fingerprint density at radius 1 is 1.20 bits per heavy atom. The number of aryl methyl sites for hydroxylation is 1. The zero-order valence-electron chi connectivity index (χ0n) is 12.0. The minimum atomic E-state index is 0.618. The molecule has 0 saturated carbocycles. The Balaban J connectivity index is 2.35. The fourth-order valence-electron chi connectivity index (χ4n) is 2.13. The third-order valence-electron chi connectivity index (χ3n) is 3.14. The van der Waals surface area contributed by atoms with E-state index in [4.69, 9.17) is 10.5 Å². The summed E-state index contributed by atoms with van der Waals surface area (Å²) in [5, 5.41) is 0. The molecule has 0 saturated heterocycles. The maximum absolute atomic E-state index is 5.66. The minimum Gasteiger partial charge on any atom is -0.481 e. The molecule has 0 radical (unpaired) electrons. The maximum Gasteiger partial charge on any atom is 0.214 e. The zero-order valence-corrected chi connectivity index (χ0v) is 12.0. The van der Waals surface area contributed by atoms with Gasteiger partial charge in [0.15, 0.2) is 0 Å². The molecule has 0 spiro atoms. The summed E-state index contributed by atoms with van der Waals surface area (Å²) in [5.74, 6) is 0.618. The Morgan fingerprint density at radius 3 is 2.70 bits per heavy atom. The number of benzene rings is 1. The molecule has 4 nitrogen and oxygen atoms in total. The van der Waals surface area contributed by atoms with Crippen LogP contribution in [-0.2, 0) is 0 Å². The molecule has 0 fully saturated rings. The summed E-state index contributed by atoms with van der Waals surface area (Å²) in [6.45, 7) is 3.63. The van der Waals surface area contributed by atoms with Crippen LogP contribution in [-0.4, -0.2) is 25.2 Å². The smallest absolute Gasteiger partial charge is 0.214 e. The Kier molecular flexibility index (Phi) is 4.96. The summed E-state index contributed by atoms with van der Waals surface area (Å²) >= 11 is 0. The number of anilines is 2. The van der Waals surface area contributed by atoms with Crippen molar-refractivity contribution in [2.75, 3.05) is 25.1 Å². The number of pyridine rings is 1. The van der Waals surface area contributed by atoms with Crippen LogP contribution in [0.3, 0.4) is 0 Å². The van der Waals surface area contributed by atoms with Crippen molar-refractivity contribution in [1.82, 2.24) is 4.98 Å². The molecular formula is C16H21N3O. The van der Waals surface area contributed by atoms with Crippen LogP contribution < -0.4 is 15.4 Å². The molecule has 1 aromatic carbocycles. The van der Waals surface area contributed by atoms with Crippen LogP contribution in [0.25, 0.3) is 0 Å². The highest BCUT2D eigenvalue weighted by molar-refractivity contribution is 5.64. The molecule has 106 valence electrons. The normalized spacial score (nSPS) is 10.3. The molecule has 1 aromatic heterocycles. The van der Waals surface area contributed by atoms with E-state index in [9.17, 15) is 0 Å². The second-order valence-electron chi connectivity index (χ2n) is 4.69. The quantitative estimate of drug-likeness (QED) is 0.877. The molecule has 2 N–H and O–H groups in total. The van der Waals surface area contributed by atoms with Gasteiger partial charge in [0.25, 0.3) is 0 Å². The van der Waals surface area contributed by atoms with Gasteiger partial charge in [0, 0.05) is 30.2 Å². The van der Waals surface area contributed by atoms with Gasteiger partial charge in [-0.05, 0) is 43.7 Å². The molecule has 0 aliphatic carbocycles. The second kappa shape index (κ2) is 6.91. The average Bonchev–Trinajstić information content (AvgIpc) is 2.48. The summed E-state index contributed by atoms with van der Waals surface area (Å²) < 4.78 is 5.21. The van der Waals surface area contributed by atoms with E-state index < -0.39 is 0 Å². The first kappa shape index (κ1) is 14.3. The molecule has 4 heteroatoms. The first-order valence-electron chi connectivity index (χ1n) is 6.79. The lowest BCUT2D eigenvalue weighted by Crippen LogP contribution is -2.21. The summed E-state index contributed by atoms with van der Waals surface area (Å²) in [6.07, 6.45) is 2.69. The van der Waals surface area contributed by atoms with Crippen molar-refractivity contribution in [1.29, 1.82) is 0 Å². The van der Waals surface area contributed by atoms with Crippen molar-refractivity contribution in [3.63, 3.8) is 0 Å². The highest BCUT2D eigenvalue weighted by Crippen LogP contribution is 2.27. The Bertz CT molecular complexity index is 557. The lowest BCUT2D eigenvalue weighted by atomic mass is 10.2. The molecule has 20 heavy (non-hydrogen) atoms. The van der Waals surface area contributed by atoms with E-state index in [1.54, 1.807) is 13.3 Å². The first-order chi connectivity index (χ1) is 9.74. The second-order valence-corrected chi connectivity index (χ2v) is 4.69. The lowest BCUT2D eigenvalue weighted by Gasteiger charge is -2.25. The van der Waals surface area contributed by atoms with E-state index >= 15 is 0 Å². The average molecular weight is 271 g/mol. The van der Waals surface area contributed by atoms with Crippen LogP contribution in [0.2, 0.25) is 0 Å². The van der Waals surface area contributed by atoms with E-state index in [0.29, 0.717) is 12.4 Å². The molecule has 2 aromatic rings. The van der Waals surface area contributed by atoms with Crippen LogP contribution >= 0.6 is 0 Å². The Hall–Kier alpha value is -2.07. The van der Waals surface area contributed by atoms with Crippen LogP contribution in [0.4, 0.5) is 11.4 Å². The first-order valence-corrected chi connectivity index (χ1v) is 6.79. The fraction of sp³-hybridized carbons (Fsp3) is 0.312. The van der Waals surface area contributed by atoms with Gasteiger partial charge in [0.2, 0.25) is 5.88 Å². The summed E-state index contributed by atoms with van der Waals surface area (Å²) in [4.78, 5) is 6.40. The van der Waals surface area contributed by atoms with Crippen molar-refractivity contribution >= 4 is 11.4 Å². The van der Waals surface area contributed by atoms with Gasteiger partial charge >= 0.3 is 0 Å². The van der Waals surface area contributed by atoms with Gasteiger partial charge in [-0.3, -0.25) is 0 Å². The lowest BCUT2D eigenvalue weighted by molar-refractivity contribution is 0.398. The number of methoxy groups -OCH3 is 1. The van der Waals surface area contributed by atoms with Crippen molar-refractivity contribution in [2.45, 2.75) is 13.3 Å². The van der Waals surface area contributed by atoms with Gasteiger partial charge in [-0.15, -0.1) is 0 Å². The molecule has 2 rings (SSSR count). The summed E-state index contributed by atoms with van der Waals surface area (Å²) in [5.41, 5.74) is 9.12. The van der Waals surface area contributed by atoms with Crippen molar-refractivity contribution in [3.8, 4) is 5.88 Å². The van der Waals surface area contributed by atoms with Crippen LogP contribution in [0.5, 0.6) is 5.88 Å². The highest BCUT2D eigenvalue weighted by Gasteiger charge is 2.10. The van der Waals surface area contributed by atoms with Gasteiger partial charge in [-0.25, -0.2) is 4.98 Å². The van der Waals surface area contributed by atoms with E-state index in [1.807, 2.05) is 12.1 Å². The molecule has 0 atom stereocenters. The fourth-order valence-corrected chi connectivity index (χ4v) is 2.13. The number of nitrogens with zero attached hydrogens (tertiary/aromatic N) is 2. The van der Waals surface area contributed by atoms with Gasteiger partial charge in [-0.1, -0.05) is 12.1 Å². The van der Waals surface area contributed by atoms with Gasteiger partial charge in [0.05, 0.1) is 7.11 Å². The van der Waals surface area contributed by atoms with E-state index in [-0.39, 0.29) is 0 Å². The molecule has 0 amide bonds. The number of nitrogens with two attached hydrogens (primary N) is 1. The summed E-state index contributed by atoms with van der Waals surface area (Å²) in [6, 6.07) is 12.4. The molecule has 0 bridgehead atoms. The maximum atomic E-state index is 5.66. The third kappa shape index (κ3) is 3.48. The van der Waals surface area contributed by atoms with Crippen molar-refractivity contribution in [3.05, 3.63) is 48.2 Å². The van der Waals surface area contributed by atoms with E-state index in [1.165, 1.54) is 5.56 Å². The largest absolute Gasteiger partial charge is 0.481 e. The Labute approximate surface area is 120 Å². The van der Waals surface area contributed by atoms with Crippen molar-refractivity contribution in [2.24, 2.45) is 5.73 Å². The van der Waals surface area contributed by atoms with Crippen LogP contribution in [0.15, 0.2) is 42.6 Å². The van der Waals surface area contributed by atoms with Crippen LogP contribution in [0.1, 0.15) is 12.0 Å². The summed E-state index contributed by atoms with van der Waals surface area (Å²) in [7, 11) is 1.63. The number of aromatic nitrogens is 1. The monoisotopic (exact) mass is 271 g/mol. The number of ether oxygens (including phenoxy) is 1. The molecule has 0 aliphatic heterocycles. The standard InChI is InChI=1S/C16H21N3O/c1-13-5-3-6-14(11-13)19(10-4-8-17)15-7-9-18-16(12-15)20-2/h3,5-7,9,11-12H,4,8,10,17H2,1-2H3. The predicted octanol–water partition coefficient (Wildman–Crippen LogP) is 2.89. The minimum absolute atomic E-state index is 0.618. The zero-order chi connectivity index (χ0) is 14.4. The van der Waals surface area contributed by atoms with Crippen LogP contribution in [0, 0.1) is 6.92 Å². The third-order valence-corrected chi connectivity index (χ3v) is 3.14. The SMILES string of the molecule is COc1cc(N(CCCN)c2cccc(C)c2)ccn1. The van der Waals surface area contributed by atoms with E-state index in [0.717, 1.165) is 24.3 Å². The number of hydrogen-bond acceptors (Lipinski definition) is 4. The predicted molar refractivity (Wildman–Crippen MR) is 82.6 cm³/mol.